The Morgan fingerprint density at radius 1 is 1.20 bits per heavy atom. The number of carbonyl (C=O) groups is 1. The van der Waals surface area contributed by atoms with Gasteiger partial charge < -0.3 is 4.74 Å². The Kier molecular flexibility index (Phi) is 3.51. The average molecular weight is 206 g/mol. The summed E-state index contributed by atoms with van der Waals surface area (Å²) in [6, 6.07) is 9.77. The largest absolute Gasteiger partial charge is 0.455 e. The third-order valence-corrected chi connectivity index (χ3v) is 2.30. The van der Waals surface area contributed by atoms with E-state index >= 15 is 0 Å². The summed E-state index contributed by atoms with van der Waals surface area (Å²) in [5.41, 5.74) is 0.460. The molecule has 0 aliphatic carbocycles. The number of ether oxygens (including phenoxy) is 1. The van der Waals surface area contributed by atoms with Crippen LogP contribution in [0.1, 0.15) is 33.3 Å². The fourth-order valence-electron chi connectivity index (χ4n) is 1.27. The van der Waals surface area contributed by atoms with Crippen molar-refractivity contribution in [3.8, 4) is 0 Å². The van der Waals surface area contributed by atoms with Gasteiger partial charge in [0.2, 0.25) is 0 Å². The molecule has 0 spiro atoms. The number of carbonyl (C=O) groups excluding carboxylic acids is 1. The van der Waals surface area contributed by atoms with E-state index in [1.807, 2.05) is 58.0 Å². The zero-order valence-electron chi connectivity index (χ0n) is 9.78. The fourth-order valence-corrected chi connectivity index (χ4v) is 1.27. The Hall–Kier alpha value is -1.31. The van der Waals surface area contributed by atoms with Gasteiger partial charge in [-0.15, -0.1) is 0 Å². The van der Waals surface area contributed by atoms with Gasteiger partial charge in [-0.2, -0.15) is 0 Å². The van der Waals surface area contributed by atoms with Crippen molar-refractivity contribution in [1.29, 1.82) is 0 Å². The van der Waals surface area contributed by atoms with Crippen molar-refractivity contribution in [3.63, 3.8) is 0 Å². The van der Waals surface area contributed by atoms with Crippen LogP contribution < -0.4 is 0 Å². The topological polar surface area (TPSA) is 26.3 Å². The van der Waals surface area contributed by atoms with Gasteiger partial charge in [0.25, 0.3) is 0 Å². The predicted octanol–water partition coefficient (Wildman–Crippen LogP) is 3.12. The van der Waals surface area contributed by atoms with Gasteiger partial charge in [-0.3, -0.25) is 4.79 Å². The van der Waals surface area contributed by atoms with E-state index in [0.717, 1.165) is 5.56 Å². The van der Waals surface area contributed by atoms with E-state index < -0.39 is 5.60 Å². The van der Waals surface area contributed by atoms with Crippen molar-refractivity contribution in [2.45, 2.75) is 33.3 Å². The summed E-state index contributed by atoms with van der Waals surface area (Å²) in [6.45, 7) is 7.48. The Morgan fingerprint density at radius 3 is 2.20 bits per heavy atom. The lowest BCUT2D eigenvalue weighted by atomic mass is 9.98. The molecule has 2 heteroatoms. The summed E-state index contributed by atoms with van der Waals surface area (Å²) in [6.07, 6.45) is 0. The number of hydrogen-bond acceptors (Lipinski definition) is 2. The van der Waals surface area contributed by atoms with E-state index in [4.69, 9.17) is 4.74 Å². The third kappa shape index (κ3) is 3.08. The molecule has 0 fully saturated rings. The Labute approximate surface area is 91.3 Å². The van der Waals surface area contributed by atoms with Crippen molar-refractivity contribution < 1.29 is 9.53 Å². The Morgan fingerprint density at radius 2 is 1.73 bits per heavy atom. The molecular formula is C13H18O2. The highest BCUT2D eigenvalue weighted by Crippen LogP contribution is 2.25. The first-order valence-electron chi connectivity index (χ1n) is 5.22. The maximum absolute atomic E-state index is 11.5. The van der Waals surface area contributed by atoms with Crippen molar-refractivity contribution in [1.82, 2.24) is 0 Å². The number of hydrogen-bond donors (Lipinski definition) is 0. The lowest BCUT2D eigenvalue weighted by Gasteiger charge is -2.26. The van der Waals surface area contributed by atoms with E-state index in [-0.39, 0.29) is 11.9 Å². The van der Waals surface area contributed by atoms with Crippen molar-refractivity contribution in [2.24, 2.45) is 5.92 Å². The van der Waals surface area contributed by atoms with Gasteiger partial charge in [-0.25, -0.2) is 0 Å². The van der Waals surface area contributed by atoms with E-state index in [0.29, 0.717) is 0 Å². The molecule has 1 aromatic carbocycles. The molecule has 0 aliphatic heterocycles. The van der Waals surface area contributed by atoms with Crippen LogP contribution in [0.5, 0.6) is 0 Å². The summed E-state index contributed by atoms with van der Waals surface area (Å²) in [5.74, 6) is -0.253. The fraction of sp³-hybridized carbons (Fsp3) is 0.462. The zero-order valence-corrected chi connectivity index (χ0v) is 9.78. The van der Waals surface area contributed by atoms with Crippen LogP contribution in [0.4, 0.5) is 0 Å². The second-order valence-corrected chi connectivity index (χ2v) is 4.45. The molecule has 15 heavy (non-hydrogen) atoms. The molecule has 2 nitrogen and oxygen atoms in total. The first-order valence-corrected chi connectivity index (χ1v) is 5.22. The van der Waals surface area contributed by atoms with Gasteiger partial charge in [0, 0.05) is 0 Å². The van der Waals surface area contributed by atoms with Gasteiger partial charge in [-0.05, 0) is 19.4 Å². The Balaban J connectivity index is 2.80. The van der Waals surface area contributed by atoms with Gasteiger partial charge in [0.1, 0.15) is 5.60 Å². The average Bonchev–Trinajstić information content (AvgIpc) is 2.18. The molecule has 0 N–H and O–H groups in total. The molecule has 0 aliphatic rings. The molecule has 1 rings (SSSR count). The first kappa shape index (κ1) is 11.8. The molecule has 82 valence electrons. The van der Waals surface area contributed by atoms with Gasteiger partial charge >= 0.3 is 5.97 Å². The van der Waals surface area contributed by atoms with Crippen LogP contribution in [-0.4, -0.2) is 5.97 Å². The summed E-state index contributed by atoms with van der Waals surface area (Å²) >= 11 is 0. The standard InChI is InChI=1S/C13H18O2/c1-10(2)12(14)15-13(3,4)11-8-6-5-7-9-11/h5-10H,1-4H3. The second-order valence-electron chi connectivity index (χ2n) is 4.45. The SMILES string of the molecule is CC(C)C(=O)OC(C)(C)c1ccccc1. The van der Waals surface area contributed by atoms with E-state index in [1.54, 1.807) is 0 Å². The summed E-state index contributed by atoms with van der Waals surface area (Å²) in [5, 5.41) is 0. The van der Waals surface area contributed by atoms with Crippen LogP contribution in [-0.2, 0) is 15.1 Å². The van der Waals surface area contributed by atoms with Gasteiger partial charge in [0.05, 0.1) is 5.92 Å². The van der Waals surface area contributed by atoms with Crippen molar-refractivity contribution in [2.75, 3.05) is 0 Å². The molecule has 0 saturated carbocycles. The van der Waals surface area contributed by atoms with Crippen LogP contribution in [0.2, 0.25) is 0 Å². The molecule has 0 aromatic heterocycles. The van der Waals surface area contributed by atoms with Crippen LogP contribution in [0.3, 0.4) is 0 Å². The maximum atomic E-state index is 11.5. The Bertz CT molecular complexity index is 326. The van der Waals surface area contributed by atoms with Crippen molar-refractivity contribution in [3.05, 3.63) is 35.9 Å². The van der Waals surface area contributed by atoms with E-state index in [2.05, 4.69) is 0 Å². The number of rotatable bonds is 3. The predicted molar refractivity (Wildman–Crippen MR) is 60.4 cm³/mol. The normalized spacial score (nSPS) is 11.5. The smallest absolute Gasteiger partial charge is 0.309 e. The summed E-state index contributed by atoms with van der Waals surface area (Å²) < 4.78 is 5.45. The molecule has 0 heterocycles. The molecule has 0 unspecified atom stereocenters. The lowest BCUT2D eigenvalue weighted by Crippen LogP contribution is -2.27. The van der Waals surface area contributed by atoms with Crippen LogP contribution in [0, 0.1) is 5.92 Å². The van der Waals surface area contributed by atoms with Crippen LogP contribution >= 0.6 is 0 Å². The first-order chi connectivity index (χ1) is 6.93. The van der Waals surface area contributed by atoms with Gasteiger partial charge in [-0.1, -0.05) is 44.2 Å². The minimum atomic E-state index is -0.553. The van der Waals surface area contributed by atoms with E-state index in [1.165, 1.54) is 0 Å². The minimum absolute atomic E-state index is 0.0898. The maximum Gasteiger partial charge on any atom is 0.309 e. The van der Waals surface area contributed by atoms with Crippen LogP contribution in [0.15, 0.2) is 30.3 Å². The molecule has 0 atom stereocenters. The molecule has 0 radical (unpaired) electrons. The zero-order chi connectivity index (χ0) is 11.5. The molecule has 1 aromatic rings. The van der Waals surface area contributed by atoms with Crippen LogP contribution in [0.25, 0.3) is 0 Å². The quantitative estimate of drug-likeness (QED) is 0.710. The molecule has 0 amide bonds. The lowest BCUT2D eigenvalue weighted by molar-refractivity contribution is -0.161. The van der Waals surface area contributed by atoms with E-state index in [9.17, 15) is 4.79 Å². The third-order valence-electron chi connectivity index (χ3n) is 2.30. The number of benzene rings is 1. The molecular weight excluding hydrogens is 188 g/mol. The summed E-state index contributed by atoms with van der Waals surface area (Å²) in [4.78, 5) is 11.5. The second kappa shape index (κ2) is 4.47. The highest BCUT2D eigenvalue weighted by Gasteiger charge is 2.25. The summed E-state index contributed by atoms with van der Waals surface area (Å²) in [7, 11) is 0. The van der Waals surface area contributed by atoms with Crippen molar-refractivity contribution >= 4 is 5.97 Å². The monoisotopic (exact) mass is 206 g/mol. The highest BCUT2D eigenvalue weighted by molar-refractivity contribution is 5.72. The minimum Gasteiger partial charge on any atom is -0.455 e. The van der Waals surface area contributed by atoms with Gasteiger partial charge in [0.15, 0.2) is 0 Å². The molecule has 0 bridgehead atoms. The molecule has 0 saturated heterocycles. The highest BCUT2D eigenvalue weighted by atomic mass is 16.6. The number of esters is 1.